The molecule has 0 fully saturated rings. The number of nitrogens with one attached hydrogen (secondary N) is 1. The number of ether oxygens (including phenoxy) is 1. The van der Waals surface area contributed by atoms with Gasteiger partial charge >= 0.3 is 0 Å². The second-order valence-electron chi connectivity index (χ2n) is 5.97. The highest BCUT2D eigenvalue weighted by atomic mass is 32.1. The summed E-state index contributed by atoms with van der Waals surface area (Å²) >= 11 is 5.48. The van der Waals surface area contributed by atoms with E-state index in [1.54, 1.807) is 0 Å². The Bertz CT molecular complexity index is 627. The van der Waals surface area contributed by atoms with Crippen molar-refractivity contribution in [3.05, 3.63) is 23.0 Å². The SMILES string of the molecule is CCCOc1cccc2c1[nH]c(=S)n2CCCCC(C)C. The quantitative estimate of drug-likeness (QED) is 0.529. The summed E-state index contributed by atoms with van der Waals surface area (Å²) in [7, 11) is 0. The summed E-state index contributed by atoms with van der Waals surface area (Å²) in [5.74, 6) is 1.68. The zero-order valence-corrected chi connectivity index (χ0v) is 14.1. The van der Waals surface area contributed by atoms with Gasteiger partial charge in [0.1, 0.15) is 11.3 Å². The van der Waals surface area contributed by atoms with E-state index in [0.717, 1.165) is 47.0 Å². The topological polar surface area (TPSA) is 29.9 Å². The fraction of sp³-hybridized carbons (Fsp3) is 0.588. The van der Waals surface area contributed by atoms with Crippen LogP contribution in [0.5, 0.6) is 5.75 Å². The van der Waals surface area contributed by atoms with E-state index in [1.165, 1.54) is 19.3 Å². The highest BCUT2D eigenvalue weighted by molar-refractivity contribution is 7.71. The number of imidazole rings is 1. The van der Waals surface area contributed by atoms with Gasteiger partial charge in [-0.1, -0.05) is 39.7 Å². The minimum absolute atomic E-state index is 0.735. The third-order valence-electron chi connectivity index (χ3n) is 3.65. The van der Waals surface area contributed by atoms with Gasteiger partial charge in [0.25, 0.3) is 0 Å². The summed E-state index contributed by atoms with van der Waals surface area (Å²) in [6.07, 6.45) is 4.70. The first-order chi connectivity index (χ1) is 10.1. The van der Waals surface area contributed by atoms with Gasteiger partial charge in [-0.05, 0) is 43.1 Å². The summed E-state index contributed by atoms with van der Waals surface area (Å²) in [5.41, 5.74) is 2.18. The van der Waals surface area contributed by atoms with E-state index in [1.807, 2.05) is 12.1 Å². The molecule has 4 heteroatoms. The molecule has 1 aromatic heterocycles. The lowest BCUT2D eigenvalue weighted by molar-refractivity contribution is 0.320. The van der Waals surface area contributed by atoms with Crippen molar-refractivity contribution in [3.8, 4) is 5.75 Å². The Kier molecular flexibility index (Phi) is 5.85. The molecule has 0 radical (unpaired) electrons. The molecule has 0 amide bonds. The molecular formula is C17H26N2OS. The Morgan fingerprint density at radius 2 is 2.10 bits per heavy atom. The van der Waals surface area contributed by atoms with E-state index >= 15 is 0 Å². The van der Waals surface area contributed by atoms with Crippen molar-refractivity contribution in [2.45, 2.75) is 53.0 Å². The van der Waals surface area contributed by atoms with Crippen LogP contribution in [0, 0.1) is 10.7 Å². The van der Waals surface area contributed by atoms with Crippen molar-refractivity contribution in [2.75, 3.05) is 6.61 Å². The first-order valence-electron chi connectivity index (χ1n) is 7.97. The number of para-hydroxylation sites is 1. The van der Waals surface area contributed by atoms with Crippen LogP contribution >= 0.6 is 12.2 Å². The molecule has 0 spiro atoms. The van der Waals surface area contributed by atoms with Gasteiger partial charge in [-0.15, -0.1) is 0 Å². The lowest BCUT2D eigenvalue weighted by Crippen LogP contribution is -1.99. The fourth-order valence-electron chi connectivity index (χ4n) is 2.53. The average molecular weight is 306 g/mol. The molecule has 0 aliphatic carbocycles. The molecule has 2 aromatic rings. The molecular weight excluding hydrogens is 280 g/mol. The van der Waals surface area contributed by atoms with Gasteiger partial charge in [0.05, 0.1) is 12.1 Å². The maximum atomic E-state index is 5.80. The Morgan fingerprint density at radius 1 is 1.29 bits per heavy atom. The Balaban J connectivity index is 2.16. The van der Waals surface area contributed by atoms with E-state index in [4.69, 9.17) is 17.0 Å². The van der Waals surface area contributed by atoms with Crippen molar-refractivity contribution in [1.82, 2.24) is 9.55 Å². The Morgan fingerprint density at radius 3 is 2.81 bits per heavy atom. The smallest absolute Gasteiger partial charge is 0.178 e. The summed E-state index contributed by atoms with van der Waals surface area (Å²) in [4.78, 5) is 3.31. The van der Waals surface area contributed by atoms with Crippen LogP contribution in [0.1, 0.15) is 46.5 Å². The minimum Gasteiger partial charge on any atom is -0.491 e. The standard InChI is InChI=1S/C17H26N2OS/c1-4-12-20-15-10-7-9-14-16(15)18-17(21)19(14)11-6-5-8-13(2)3/h7,9-10,13H,4-6,8,11-12H2,1-3H3,(H,18,21). The van der Waals surface area contributed by atoms with Crippen LogP contribution in [-0.4, -0.2) is 16.2 Å². The molecule has 3 nitrogen and oxygen atoms in total. The zero-order valence-electron chi connectivity index (χ0n) is 13.3. The summed E-state index contributed by atoms with van der Waals surface area (Å²) in [6, 6.07) is 6.16. The van der Waals surface area contributed by atoms with E-state index < -0.39 is 0 Å². The maximum absolute atomic E-state index is 5.80. The molecule has 0 aliphatic rings. The largest absolute Gasteiger partial charge is 0.491 e. The van der Waals surface area contributed by atoms with Crippen molar-refractivity contribution in [2.24, 2.45) is 5.92 Å². The summed E-state index contributed by atoms with van der Waals surface area (Å²) < 4.78 is 8.79. The van der Waals surface area contributed by atoms with Crippen molar-refractivity contribution in [1.29, 1.82) is 0 Å². The number of hydrogen-bond donors (Lipinski definition) is 1. The molecule has 0 atom stereocenters. The number of aromatic amines is 1. The van der Waals surface area contributed by atoms with Crippen LogP contribution in [0.3, 0.4) is 0 Å². The van der Waals surface area contributed by atoms with E-state index in [-0.39, 0.29) is 0 Å². The molecule has 0 saturated carbocycles. The van der Waals surface area contributed by atoms with Crippen LogP contribution < -0.4 is 4.74 Å². The summed E-state index contributed by atoms with van der Waals surface area (Å²) in [5, 5.41) is 0. The predicted octanol–water partition coefficient (Wildman–Crippen LogP) is 5.31. The number of nitrogens with zero attached hydrogens (tertiary/aromatic N) is 1. The summed E-state index contributed by atoms with van der Waals surface area (Å²) in [6.45, 7) is 8.37. The number of unbranched alkanes of at least 4 members (excludes halogenated alkanes) is 1. The lowest BCUT2D eigenvalue weighted by atomic mass is 10.1. The normalized spacial score (nSPS) is 11.4. The number of fused-ring (bicyclic) bond motifs is 1. The number of rotatable bonds is 8. The molecule has 116 valence electrons. The van der Waals surface area contributed by atoms with Crippen LogP contribution in [-0.2, 0) is 6.54 Å². The Hall–Kier alpha value is -1.29. The number of benzene rings is 1. The number of hydrogen-bond acceptors (Lipinski definition) is 2. The monoisotopic (exact) mass is 306 g/mol. The second-order valence-corrected chi connectivity index (χ2v) is 6.36. The predicted molar refractivity (Wildman–Crippen MR) is 91.6 cm³/mol. The number of aromatic nitrogens is 2. The molecule has 0 bridgehead atoms. The van der Waals surface area contributed by atoms with Gasteiger partial charge in [0.2, 0.25) is 0 Å². The van der Waals surface area contributed by atoms with Crippen molar-refractivity contribution in [3.63, 3.8) is 0 Å². The zero-order chi connectivity index (χ0) is 15.2. The molecule has 1 heterocycles. The van der Waals surface area contributed by atoms with Crippen molar-refractivity contribution >= 4 is 23.3 Å². The minimum atomic E-state index is 0.735. The molecule has 0 unspecified atom stereocenters. The highest BCUT2D eigenvalue weighted by Crippen LogP contribution is 2.25. The lowest BCUT2D eigenvalue weighted by Gasteiger charge is -2.08. The van der Waals surface area contributed by atoms with Crippen molar-refractivity contribution < 1.29 is 4.74 Å². The van der Waals surface area contributed by atoms with Gasteiger partial charge < -0.3 is 14.3 Å². The maximum Gasteiger partial charge on any atom is 0.178 e. The van der Waals surface area contributed by atoms with Crippen LogP contribution in [0.15, 0.2) is 18.2 Å². The van der Waals surface area contributed by atoms with Crippen LogP contribution in [0.25, 0.3) is 11.0 Å². The average Bonchev–Trinajstić information content (AvgIpc) is 2.77. The first-order valence-corrected chi connectivity index (χ1v) is 8.38. The molecule has 2 rings (SSSR count). The third kappa shape index (κ3) is 4.10. The molecule has 1 N–H and O–H groups in total. The van der Waals surface area contributed by atoms with E-state index in [2.05, 4.69) is 36.4 Å². The van der Waals surface area contributed by atoms with Gasteiger partial charge in [-0.2, -0.15) is 0 Å². The molecule has 0 saturated heterocycles. The molecule has 1 aromatic carbocycles. The fourth-order valence-corrected chi connectivity index (χ4v) is 2.82. The number of aryl methyl sites for hydroxylation is 1. The van der Waals surface area contributed by atoms with Gasteiger partial charge in [0.15, 0.2) is 4.77 Å². The van der Waals surface area contributed by atoms with E-state index in [9.17, 15) is 0 Å². The second kappa shape index (κ2) is 7.64. The Labute approximate surface area is 132 Å². The van der Waals surface area contributed by atoms with Gasteiger partial charge in [-0.25, -0.2) is 0 Å². The van der Waals surface area contributed by atoms with Gasteiger partial charge in [-0.3, -0.25) is 0 Å². The van der Waals surface area contributed by atoms with Crippen LogP contribution in [0.4, 0.5) is 0 Å². The van der Waals surface area contributed by atoms with E-state index in [0.29, 0.717) is 0 Å². The third-order valence-corrected chi connectivity index (χ3v) is 3.97. The van der Waals surface area contributed by atoms with Gasteiger partial charge in [0, 0.05) is 6.54 Å². The molecule has 21 heavy (non-hydrogen) atoms. The molecule has 0 aliphatic heterocycles. The van der Waals surface area contributed by atoms with Crippen LogP contribution in [0.2, 0.25) is 0 Å². The number of H-pyrrole nitrogens is 1. The first kappa shape index (κ1) is 16.1. The highest BCUT2D eigenvalue weighted by Gasteiger charge is 2.09.